The molecule has 0 aliphatic rings. The van der Waals surface area contributed by atoms with E-state index in [1.54, 1.807) is 20.2 Å². The molecule has 0 heterocycles. The van der Waals surface area contributed by atoms with Gasteiger partial charge < -0.3 is 20.7 Å². The largest absolute Gasteiger partial charge is 0.491 e. The fraction of sp³-hybridized carbons (Fsp3) is 0.364. The Morgan fingerprint density at radius 2 is 1.86 bits per heavy atom. The third kappa shape index (κ3) is 6.30. The second-order valence-corrected chi connectivity index (χ2v) is 6.84. The molecule has 0 saturated carbocycles. The molecule has 0 unspecified atom stereocenters. The molecular weight excluding hydrogens is 352 g/mol. The molecule has 6 nitrogen and oxygen atoms in total. The number of aliphatic imine (C=N–C) groups is 1. The van der Waals surface area contributed by atoms with Crippen LogP contribution in [-0.2, 0) is 13.1 Å². The van der Waals surface area contributed by atoms with E-state index in [1.165, 1.54) is 0 Å². The minimum atomic E-state index is -0.0959. The van der Waals surface area contributed by atoms with Gasteiger partial charge in [0.2, 0.25) is 0 Å². The number of aryl methyl sites for hydroxylation is 1. The fourth-order valence-corrected chi connectivity index (χ4v) is 2.72. The molecule has 0 spiro atoms. The molecule has 0 atom stereocenters. The average Bonchev–Trinajstić information content (AvgIpc) is 2.68. The Hall–Kier alpha value is -3.02. The molecule has 3 N–H and O–H groups in total. The van der Waals surface area contributed by atoms with E-state index in [4.69, 9.17) is 4.74 Å². The smallest absolute Gasteiger partial charge is 0.251 e. The second-order valence-electron chi connectivity index (χ2n) is 6.84. The first kappa shape index (κ1) is 21.3. The topological polar surface area (TPSA) is 74.8 Å². The zero-order chi connectivity index (χ0) is 20.5. The van der Waals surface area contributed by atoms with Gasteiger partial charge in [0.05, 0.1) is 6.10 Å². The minimum Gasteiger partial charge on any atom is -0.491 e. The van der Waals surface area contributed by atoms with Crippen LogP contribution in [0.3, 0.4) is 0 Å². The number of ether oxygens (including phenoxy) is 1. The van der Waals surface area contributed by atoms with E-state index in [2.05, 4.69) is 46.1 Å². The van der Waals surface area contributed by atoms with Crippen LogP contribution in [0.2, 0.25) is 0 Å². The summed E-state index contributed by atoms with van der Waals surface area (Å²) < 4.78 is 5.93. The van der Waals surface area contributed by atoms with Gasteiger partial charge in [0.25, 0.3) is 5.91 Å². The summed E-state index contributed by atoms with van der Waals surface area (Å²) in [6.07, 6.45) is 0.116. The van der Waals surface area contributed by atoms with Crippen molar-refractivity contribution in [2.24, 2.45) is 4.99 Å². The van der Waals surface area contributed by atoms with Gasteiger partial charge in [0, 0.05) is 38.3 Å². The van der Waals surface area contributed by atoms with Crippen LogP contribution in [0.15, 0.2) is 47.5 Å². The summed E-state index contributed by atoms with van der Waals surface area (Å²) in [5.41, 5.74) is 3.88. The summed E-state index contributed by atoms with van der Waals surface area (Å²) in [6.45, 7) is 7.26. The van der Waals surface area contributed by atoms with Gasteiger partial charge in [-0.1, -0.05) is 24.3 Å². The Morgan fingerprint density at radius 1 is 1.11 bits per heavy atom. The standard InChI is InChI=1S/C22H30N4O2/c1-15(2)28-20-11-16(3)9-10-19(20)14-26-22(24-5)25-13-17-7-6-8-18(12-17)21(27)23-4/h6-12,15H,13-14H2,1-5H3,(H,23,27)(H2,24,25,26). The highest BCUT2D eigenvalue weighted by Crippen LogP contribution is 2.21. The number of rotatable bonds is 7. The van der Waals surface area contributed by atoms with E-state index >= 15 is 0 Å². The first-order chi connectivity index (χ1) is 13.4. The van der Waals surface area contributed by atoms with Gasteiger partial charge in [0.1, 0.15) is 5.75 Å². The Bertz CT molecular complexity index is 831. The molecule has 2 aromatic rings. The van der Waals surface area contributed by atoms with Crippen molar-refractivity contribution in [3.8, 4) is 5.75 Å². The molecule has 0 radical (unpaired) electrons. The third-order valence-electron chi connectivity index (χ3n) is 4.13. The molecule has 1 amide bonds. The highest BCUT2D eigenvalue weighted by atomic mass is 16.5. The molecule has 0 saturated heterocycles. The highest BCUT2D eigenvalue weighted by Gasteiger charge is 2.08. The summed E-state index contributed by atoms with van der Waals surface area (Å²) in [6, 6.07) is 13.7. The number of amides is 1. The van der Waals surface area contributed by atoms with Gasteiger partial charge in [-0.3, -0.25) is 9.79 Å². The maximum Gasteiger partial charge on any atom is 0.251 e. The van der Waals surface area contributed by atoms with Crippen LogP contribution < -0.4 is 20.7 Å². The summed E-state index contributed by atoms with van der Waals surface area (Å²) >= 11 is 0. The van der Waals surface area contributed by atoms with E-state index in [1.807, 2.05) is 32.0 Å². The first-order valence-corrected chi connectivity index (χ1v) is 9.44. The SMILES string of the molecule is CN=C(NCc1cccc(C(=O)NC)c1)NCc1ccc(C)cc1OC(C)C. The van der Waals surface area contributed by atoms with Gasteiger partial charge in [-0.15, -0.1) is 0 Å². The molecule has 0 aliphatic heterocycles. The van der Waals surface area contributed by atoms with Crippen LogP contribution >= 0.6 is 0 Å². The van der Waals surface area contributed by atoms with Crippen molar-refractivity contribution in [1.82, 2.24) is 16.0 Å². The van der Waals surface area contributed by atoms with Crippen LogP contribution in [-0.4, -0.2) is 32.1 Å². The van der Waals surface area contributed by atoms with E-state index in [-0.39, 0.29) is 12.0 Å². The molecule has 28 heavy (non-hydrogen) atoms. The Morgan fingerprint density at radius 3 is 2.54 bits per heavy atom. The number of hydrogen-bond acceptors (Lipinski definition) is 3. The van der Waals surface area contributed by atoms with Crippen molar-refractivity contribution in [3.63, 3.8) is 0 Å². The van der Waals surface area contributed by atoms with E-state index in [9.17, 15) is 4.79 Å². The van der Waals surface area contributed by atoms with Crippen LogP contribution in [0.25, 0.3) is 0 Å². The van der Waals surface area contributed by atoms with Crippen molar-refractivity contribution >= 4 is 11.9 Å². The lowest BCUT2D eigenvalue weighted by Gasteiger charge is -2.17. The van der Waals surface area contributed by atoms with Gasteiger partial charge >= 0.3 is 0 Å². The van der Waals surface area contributed by atoms with Gasteiger partial charge in [-0.2, -0.15) is 0 Å². The number of carbonyl (C=O) groups is 1. The van der Waals surface area contributed by atoms with Crippen molar-refractivity contribution < 1.29 is 9.53 Å². The fourth-order valence-electron chi connectivity index (χ4n) is 2.72. The number of benzene rings is 2. The normalized spacial score (nSPS) is 11.3. The minimum absolute atomic E-state index is 0.0959. The molecule has 0 bridgehead atoms. The molecule has 2 rings (SSSR count). The number of carbonyl (C=O) groups excluding carboxylic acids is 1. The quantitative estimate of drug-likeness (QED) is 0.508. The zero-order valence-corrected chi connectivity index (χ0v) is 17.3. The lowest BCUT2D eigenvalue weighted by molar-refractivity contribution is 0.0963. The van der Waals surface area contributed by atoms with Crippen LogP contribution in [0.4, 0.5) is 0 Å². The third-order valence-corrected chi connectivity index (χ3v) is 4.13. The van der Waals surface area contributed by atoms with Crippen molar-refractivity contribution in [2.75, 3.05) is 14.1 Å². The molecule has 6 heteroatoms. The Balaban J connectivity index is 1.98. The maximum atomic E-state index is 11.8. The van der Waals surface area contributed by atoms with Crippen molar-refractivity contribution in [3.05, 3.63) is 64.7 Å². The van der Waals surface area contributed by atoms with Crippen molar-refractivity contribution in [2.45, 2.75) is 40.0 Å². The Kier molecular flexibility index (Phi) is 7.87. The van der Waals surface area contributed by atoms with Crippen LogP contribution in [0.5, 0.6) is 5.75 Å². The highest BCUT2D eigenvalue weighted by molar-refractivity contribution is 5.94. The number of nitrogens with zero attached hydrogens (tertiary/aromatic N) is 1. The summed E-state index contributed by atoms with van der Waals surface area (Å²) in [7, 11) is 3.36. The predicted octanol–water partition coefficient (Wildman–Crippen LogP) is 3.01. The first-order valence-electron chi connectivity index (χ1n) is 9.44. The van der Waals surface area contributed by atoms with Gasteiger partial charge in [-0.25, -0.2) is 0 Å². The molecule has 2 aromatic carbocycles. The predicted molar refractivity (Wildman–Crippen MR) is 114 cm³/mol. The number of nitrogens with one attached hydrogen (secondary N) is 3. The summed E-state index contributed by atoms with van der Waals surface area (Å²) in [5.74, 6) is 1.47. The molecular formula is C22H30N4O2. The Labute approximate surface area is 167 Å². The van der Waals surface area contributed by atoms with Crippen LogP contribution in [0.1, 0.15) is 40.9 Å². The number of guanidine groups is 1. The lowest BCUT2D eigenvalue weighted by atomic mass is 10.1. The van der Waals surface area contributed by atoms with Gasteiger partial charge in [-0.05, 0) is 50.1 Å². The van der Waals surface area contributed by atoms with E-state index in [0.29, 0.717) is 24.6 Å². The number of hydrogen-bond donors (Lipinski definition) is 3. The summed E-state index contributed by atoms with van der Waals surface area (Å²) in [4.78, 5) is 16.0. The molecule has 0 aromatic heterocycles. The molecule has 150 valence electrons. The summed E-state index contributed by atoms with van der Waals surface area (Å²) in [5, 5.41) is 9.23. The zero-order valence-electron chi connectivity index (χ0n) is 17.3. The monoisotopic (exact) mass is 382 g/mol. The van der Waals surface area contributed by atoms with Crippen LogP contribution in [0, 0.1) is 6.92 Å². The van der Waals surface area contributed by atoms with Crippen molar-refractivity contribution in [1.29, 1.82) is 0 Å². The van der Waals surface area contributed by atoms with E-state index < -0.39 is 0 Å². The average molecular weight is 383 g/mol. The molecule has 0 fully saturated rings. The van der Waals surface area contributed by atoms with E-state index in [0.717, 1.165) is 22.4 Å². The second kappa shape index (κ2) is 10.3. The van der Waals surface area contributed by atoms with Gasteiger partial charge in [0.15, 0.2) is 5.96 Å². The lowest BCUT2D eigenvalue weighted by Crippen LogP contribution is -2.36. The maximum absolute atomic E-state index is 11.8. The molecule has 0 aliphatic carbocycles.